The number of thiocarbonyl (C=S) groups is 1. The predicted octanol–water partition coefficient (Wildman–Crippen LogP) is 5.14. The van der Waals surface area contributed by atoms with E-state index >= 15 is 0 Å². The second-order valence-electron chi connectivity index (χ2n) is 7.28. The van der Waals surface area contributed by atoms with Crippen molar-refractivity contribution < 1.29 is 14.3 Å². The zero-order valence-corrected chi connectivity index (χ0v) is 20.7. The van der Waals surface area contributed by atoms with Crippen molar-refractivity contribution in [3.05, 3.63) is 65.4 Å². The van der Waals surface area contributed by atoms with Crippen molar-refractivity contribution in [2.45, 2.75) is 31.7 Å². The lowest BCUT2D eigenvalue weighted by atomic mass is 9.94. The number of nitrogens with zero attached hydrogens (tertiary/aromatic N) is 1. The molecule has 0 spiro atoms. The molecule has 2 aromatic rings. The first kappa shape index (κ1) is 24.6. The van der Waals surface area contributed by atoms with Crippen molar-refractivity contribution in [1.82, 2.24) is 10.2 Å². The third-order valence-electron chi connectivity index (χ3n) is 5.23. The van der Waals surface area contributed by atoms with Crippen LogP contribution in [-0.4, -0.2) is 41.4 Å². The van der Waals surface area contributed by atoms with Crippen molar-refractivity contribution in [3.63, 3.8) is 0 Å². The maximum atomic E-state index is 12.8. The number of hydrogen-bond acceptors (Lipinski definition) is 5. The number of thioether (sulfide) groups is 1. The number of urea groups is 1. The van der Waals surface area contributed by atoms with E-state index in [9.17, 15) is 9.59 Å². The predicted molar refractivity (Wildman–Crippen MR) is 137 cm³/mol. The van der Waals surface area contributed by atoms with Crippen LogP contribution in [0.15, 0.2) is 64.7 Å². The normalized spacial score (nSPS) is 15.7. The van der Waals surface area contributed by atoms with Crippen LogP contribution in [0.1, 0.15) is 32.4 Å². The molecule has 1 atom stereocenters. The first-order chi connectivity index (χ1) is 15.9. The summed E-state index contributed by atoms with van der Waals surface area (Å²) in [6, 6.07) is 14.1. The molecule has 33 heavy (non-hydrogen) atoms. The highest BCUT2D eigenvalue weighted by atomic mass is 32.2. The van der Waals surface area contributed by atoms with E-state index in [-0.39, 0.29) is 12.6 Å². The molecule has 2 amide bonds. The maximum absolute atomic E-state index is 12.8. The molecule has 174 valence electrons. The Hall–Kier alpha value is -3.04. The number of hydrogen-bond donors (Lipinski definition) is 3. The lowest BCUT2D eigenvalue weighted by molar-refractivity contribution is -0.139. The molecule has 0 radical (unpaired) electrons. The molecular weight excluding hydrogens is 456 g/mol. The van der Waals surface area contributed by atoms with Gasteiger partial charge in [-0.05, 0) is 81.2 Å². The van der Waals surface area contributed by atoms with Gasteiger partial charge in [0.1, 0.15) is 0 Å². The molecule has 0 aromatic heterocycles. The van der Waals surface area contributed by atoms with Crippen LogP contribution in [0.5, 0.6) is 0 Å². The summed E-state index contributed by atoms with van der Waals surface area (Å²) in [5.41, 5.74) is 3.34. The van der Waals surface area contributed by atoms with E-state index in [1.807, 2.05) is 67.5 Å². The van der Waals surface area contributed by atoms with Gasteiger partial charge in [0.2, 0.25) is 0 Å². The molecule has 7 nitrogen and oxygen atoms in total. The fourth-order valence-corrected chi connectivity index (χ4v) is 4.44. The van der Waals surface area contributed by atoms with Gasteiger partial charge in [-0.15, -0.1) is 11.8 Å². The average Bonchev–Trinajstić information content (AvgIpc) is 2.79. The molecule has 2 aromatic carbocycles. The molecule has 9 heteroatoms. The van der Waals surface area contributed by atoms with Gasteiger partial charge >= 0.3 is 12.0 Å². The number of amides is 2. The van der Waals surface area contributed by atoms with Gasteiger partial charge in [-0.25, -0.2) is 9.59 Å². The molecule has 3 N–H and O–H groups in total. The minimum absolute atomic E-state index is 0.276. The smallest absolute Gasteiger partial charge is 0.338 e. The third-order valence-corrected chi connectivity index (χ3v) is 6.32. The molecule has 0 bridgehead atoms. The number of nitrogens with one attached hydrogen (secondary N) is 3. The molecule has 1 unspecified atom stereocenters. The summed E-state index contributed by atoms with van der Waals surface area (Å²) in [6.45, 7) is 6.52. The van der Waals surface area contributed by atoms with Gasteiger partial charge in [-0.3, -0.25) is 0 Å². The van der Waals surface area contributed by atoms with E-state index in [1.54, 1.807) is 24.8 Å². The first-order valence-corrected chi connectivity index (χ1v) is 12.3. The van der Waals surface area contributed by atoms with Gasteiger partial charge < -0.3 is 25.6 Å². The summed E-state index contributed by atoms with van der Waals surface area (Å²) in [5.74, 6) is -0.391. The lowest BCUT2D eigenvalue weighted by Gasteiger charge is -2.37. The molecule has 0 aliphatic carbocycles. The Morgan fingerprint density at radius 2 is 1.82 bits per heavy atom. The van der Waals surface area contributed by atoms with Crippen molar-refractivity contribution >= 4 is 52.5 Å². The quantitative estimate of drug-likeness (QED) is 0.285. The van der Waals surface area contributed by atoms with E-state index in [2.05, 4.69) is 16.0 Å². The number of anilines is 2. The lowest BCUT2D eigenvalue weighted by Crippen LogP contribution is -2.47. The minimum Gasteiger partial charge on any atom is -0.463 e. The summed E-state index contributed by atoms with van der Waals surface area (Å²) in [7, 11) is 0. The van der Waals surface area contributed by atoms with E-state index in [0.717, 1.165) is 16.2 Å². The van der Waals surface area contributed by atoms with Crippen LogP contribution >= 0.6 is 24.0 Å². The van der Waals surface area contributed by atoms with E-state index in [0.29, 0.717) is 28.6 Å². The molecule has 1 heterocycles. The van der Waals surface area contributed by atoms with Crippen LogP contribution < -0.4 is 16.0 Å². The zero-order chi connectivity index (χ0) is 24.0. The number of ether oxygens (including phenoxy) is 1. The molecular formula is C24H28N4O3S2. The average molecular weight is 485 g/mol. The Balaban J connectivity index is 1.83. The molecule has 3 rings (SSSR count). The fourth-order valence-electron chi connectivity index (χ4n) is 3.65. The van der Waals surface area contributed by atoms with Gasteiger partial charge in [-0.2, -0.15) is 0 Å². The molecule has 1 aliphatic heterocycles. The van der Waals surface area contributed by atoms with Crippen LogP contribution in [-0.2, 0) is 9.53 Å². The van der Waals surface area contributed by atoms with Crippen LogP contribution in [0.4, 0.5) is 16.2 Å². The fraction of sp³-hybridized carbons (Fsp3) is 0.292. The monoisotopic (exact) mass is 484 g/mol. The molecule has 0 saturated carbocycles. The maximum Gasteiger partial charge on any atom is 0.338 e. The largest absolute Gasteiger partial charge is 0.463 e. The van der Waals surface area contributed by atoms with Gasteiger partial charge in [0.25, 0.3) is 0 Å². The van der Waals surface area contributed by atoms with Gasteiger partial charge in [-0.1, -0.05) is 12.1 Å². The summed E-state index contributed by atoms with van der Waals surface area (Å²) >= 11 is 7.16. The Morgan fingerprint density at radius 3 is 2.45 bits per heavy atom. The van der Waals surface area contributed by atoms with E-state index in [1.165, 1.54) is 0 Å². The number of benzene rings is 2. The summed E-state index contributed by atoms with van der Waals surface area (Å²) < 4.78 is 5.32. The highest BCUT2D eigenvalue weighted by Crippen LogP contribution is 2.32. The van der Waals surface area contributed by atoms with Crippen molar-refractivity contribution in [1.29, 1.82) is 0 Å². The highest BCUT2D eigenvalue weighted by molar-refractivity contribution is 7.98. The number of carbonyl (C=O) groups is 2. The number of esters is 1. The van der Waals surface area contributed by atoms with Gasteiger partial charge in [0, 0.05) is 28.5 Å². The van der Waals surface area contributed by atoms with E-state index < -0.39 is 12.0 Å². The Kier molecular flexibility index (Phi) is 8.35. The third kappa shape index (κ3) is 5.85. The zero-order valence-electron chi connectivity index (χ0n) is 19.1. The molecule has 0 fully saturated rings. The minimum atomic E-state index is -0.483. The standard InChI is InChI=1S/C24H28N4O3S2/c1-5-28-15(3)20(22(29)31-6-2)21(27-24(28)32)16-8-7-9-18(14-16)26-23(30)25-17-10-12-19(33-4)13-11-17/h7-14,21H,5-6H2,1-4H3,(H,27,32)(H2,25,26,30). The summed E-state index contributed by atoms with van der Waals surface area (Å²) in [5, 5.41) is 9.47. The Bertz CT molecular complexity index is 1070. The molecule has 1 aliphatic rings. The Labute approximate surface area is 204 Å². The Morgan fingerprint density at radius 1 is 1.12 bits per heavy atom. The van der Waals surface area contributed by atoms with Crippen molar-refractivity contribution in [2.75, 3.05) is 30.0 Å². The van der Waals surface area contributed by atoms with E-state index in [4.69, 9.17) is 17.0 Å². The second kappa shape index (κ2) is 11.2. The summed E-state index contributed by atoms with van der Waals surface area (Å²) in [6.07, 6.45) is 2.00. The van der Waals surface area contributed by atoms with Crippen molar-refractivity contribution in [2.24, 2.45) is 0 Å². The van der Waals surface area contributed by atoms with Crippen molar-refractivity contribution in [3.8, 4) is 0 Å². The highest BCUT2D eigenvalue weighted by Gasteiger charge is 2.34. The van der Waals surface area contributed by atoms with Gasteiger partial charge in [0.05, 0.1) is 18.2 Å². The summed E-state index contributed by atoms with van der Waals surface area (Å²) in [4.78, 5) is 28.3. The SMILES string of the molecule is CCOC(=O)C1=C(C)N(CC)C(=S)NC1c1cccc(NC(=O)Nc2ccc(SC)cc2)c1. The van der Waals surface area contributed by atoms with Gasteiger partial charge in [0.15, 0.2) is 5.11 Å². The van der Waals surface area contributed by atoms with Crippen LogP contribution in [0.3, 0.4) is 0 Å². The number of rotatable bonds is 7. The second-order valence-corrected chi connectivity index (χ2v) is 8.55. The first-order valence-electron chi connectivity index (χ1n) is 10.7. The number of allylic oxidation sites excluding steroid dienone is 1. The molecule has 0 saturated heterocycles. The van der Waals surface area contributed by atoms with Crippen LogP contribution in [0, 0.1) is 0 Å². The van der Waals surface area contributed by atoms with Crippen LogP contribution in [0.2, 0.25) is 0 Å². The number of carbonyl (C=O) groups excluding carboxylic acids is 2. The van der Waals surface area contributed by atoms with Crippen LogP contribution in [0.25, 0.3) is 0 Å². The topological polar surface area (TPSA) is 82.7 Å².